The smallest absolute Gasteiger partial charge is 0.193 e. The number of nitrogens with two attached hydrogens (primary N) is 1. The van der Waals surface area contributed by atoms with Gasteiger partial charge in [-0.15, -0.1) is 24.0 Å². The summed E-state index contributed by atoms with van der Waals surface area (Å²) in [5.74, 6) is 0.506. The van der Waals surface area contributed by atoms with Crippen LogP contribution in [-0.2, 0) is 17.6 Å². The van der Waals surface area contributed by atoms with Crippen molar-refractivity contribution in [3.8, 4) is 0 Å². The number of anilines is 1. The molecule has 4 nitrogen and oxygen atoms in total. The lowest BCUT2D eigenvalue weighted by atomic mass is 10.0. The number of halogens is 1. The van der Waals surface area contributed by atoms with Crippen molar-refractivity contribution < 1.29 is 4.74 Å². The molecule has 1 saturated heterocycles. The van der Waals surface area contributed by atoms with Crippen LogP contribution in [0.3, 0.4) is 0 Å². The highest BCUT2D eigenvalue weighted by molar-refractivity contribution is 14.0. The van der Waals surface area contributed by atoms with Crippen LogP contribution in [0.4, 0.5) is 5.69 Å². The molecule has 0 aromatic heterocycles. The molecule has 3 N–H and O–H groups in total. The van der Waals surface area contributed by atoms with Gasteiger partial charge in [-0.25, -0.2) is 0 Å². The van der Waals surface area contributed by atoms with Crippen molar-refractivity contribution >= 4 is 35.6 Å². The molecule has 1 fully saturated rings. The van der Waals surface area contributed by atoms with Gasteiger partial charge in [-0.1, -0.05) is 32.0 Å². The SMILES string of the molecule is CCc1cccc(CC)c1NC(N)=NCCC1CCCCO1.I. The average molecular weight is 431 g/mol. The minimum absolute atomic E-state index is 0. The minimum Gasteiger partial charge on any atom is -0.378 e. The summed E-state index contributed by atoms with van der Waals surface area (Å²) in [5.41, 5.74) is 9.76. The average Bonchev–Trinajstić information content (AvgIpc) is 2.56. The molecule has 0 spiro atoms. The summed E-state index contributed by atoms with van der Waals surface area (Å²) in [6, 6.07) is 6.39. The van der Waals surface area contributed by atoms with Crippen LogP contribution in [0.25, 0.3) is 0 Å². The molecule has 130 valence electrons. The van der Waals surface area contributed by atoms with Gasteiger partial charge in [0.2, 0.25) is 0 Å². The Hall–Kier alpha value is -0.820. The molecular weight excluding hydrogens is 401 g/mol. The number of ether oxygens (including phenoxy) is 1. The predicted molar refractivity (Wildman–Crippen MR) is 109 cm³/mol. The molecule has 23 heavy (non-hydrogen) atoms. The number of hydrogen-bond donors (Lipinski definition) is 2. The van der Waals surface area contributed by atoms with Gasteiger partial charge in [0, 0.05) is 18.8 Å². The minimum atomic E-state index is 0. The summed E-state index contributed by atoms with van der Waals surface area (Å²) in [4.78, 5) is 4.47. The Morgan fingerprint density at radius 3 is 2.52 bits per heavy atom. The molecule has 1 aliphatic heterocycles. The van der Waals surface area contributed by atoms with Gasteiger partial charge >= 0.3 is 0 Å². The summed E-state index contributed by atoms with van der Waals surface area (Å²) in [7, 11) is 0. The van der Waals surface area contributed by atoms with Crippen molar-refractivity contribution in [2.75, 3.05) is 18.5 Å². The van der Waals surface area contributed by atoms with Gasteiger partial charge in [-0.2, -0.15) is 0 Å². The van der Waals surface area contributed by atoms with E-state index in [1.54, 1.807) is 0 Å². The van der Waals surface area contributed by atoms with E-state index in [0.29, 0.717) is 12.1 Å². The summed E-state index contributed by atoms with van der Waals surface area (Å²) in [6.45, 7) is 5.94. The number of hydrogen-bond acceptors (Lipinski definition) is 2. The van der Waals surface area contributed by atoms with E-state index < -0.39 is 0 Å². The fourth-order valence-corrected chi connectivity index (χ4v) is 2.93. The maximum absolute atomic E-state index is 6.07. The molecule has 0 bridgehead atoms. The van der Waals surface area contributed by atoms with Crippen LogP contribution in [0.2, 0.25) is 0 Å². The standard InChI is InChI=1S/C18H29N3O.HI/c1-3-14-8-7-9-15(4-2)17(14)21-18(19)20-12-11-16-10-5-6-13-22-16;/h7-9,16H,3-6,10-13H2,1-2H3,(H3,19,20,21);1H. The second-order valence-electron chi connectivity index (χ2n) is 5.83. The number of aryl methyl sites for hydroxylation is 2. The fourth-order valence-electron chi connectivity index (χ4n) is 2.93. The molecule has 0 aliphatic carbocycles. The molecule has 1 unspecified atom stereocenters. The monoisotopic (exact) mass is 431 g/mol. The second-order valence-corrected chi connectivity index (χ2v) is 5.83. The number of nitrogens with one attached hydrogen (secondary N) is 1. The Morgan fingerprint density at radius 1 is 1.26 bits per heavy atom. The first-order valence-electron chi connectivity index (χ1n) is 8.53. The molecule has 0 radical (unpaired) electrons. The van der Waals surface area contributed by atoms with Crippen molar-refractivity contribution in [2.24, 2.45) is 10.7 Å². The summed E-state index contributed by atoms with van der Waals surface area (Å²) < 4.78 is 5.72. The van der Waals surface area contributed by atoms with Crippen LogP contribution in [-0.4, -0.2) is 25.2 Å². The van der Waals surface area contributed by atoms with E-state index in [1.807, 2.05) is 0 Å². The van der Waals surface area contributed by atoms with Crippen molar-refractivity contribution in [2.45, 2.75) is 58.5 Å². The molecular formula is C18H30IN3O. The molecule has 1 aromatic carbocycles. The third kappa shape index (κ3) is 6.30. The highest BCUT2D eigenvalue weighted by Gasteiger charge is 2.13. The number of nitrogens with zero attached hydrogens (tertiary/aromatic N) is 1. The summed E-state index contributed by atoms with van der Waals surface area (Å²) in [5, 5.41) is 3.31. The maximum atomic E-state index is 6.07. The Balaban J connectivity index is 0.00000264. The zero-order valence-electron chi connectivity index (χ0n) is 14.3. The molecule has 5 heteroatoms. The number of rotatable bonds is 6. The first-order chi connectivity index (χ1) is 10.7. The topological polar surface area (TPSA) is 59.6 Å². The molecule has 0 saturated carbocycles. The molecule has 1 aliphatic rings. The van der Waals surface area contributed by atoms with E-state index in [4.69, 9.17) is 10.5 Å². The third-order valence-corrected chi connectivity index (χ3v) is 4.26. The van der Waals surface area contributed by atoms with Gasteiger partial charge in [-0.05, 0) is 49.7 Å². The Morgan fingerprint density at radius 2 is 1.96 bits per heavy atom. The lowest BCUT2D eigenvalue weighted by Crippen LogP contribution is -2.25. The first-order valence-corrected chi connectivity index (χ1v) is 8.53. The van der Waals surface area contributed by atoms with Gasteiger partial charge in [0.05, 0.1) is 6.10 Å². The van der Waals surface area contributed by atoms with Gasteiger partial charge in [-0.3, -0.25) is 4.99 Å². The number of guanidine groups is 1. The Kier molecular flexibility index (Phi) is 9.55. The normalized spacial score (nSPS) is 18.3. The van der Waals surface area contributed by atoms with Crippen LogP contribution in [0.5, 0.6) is 0 Å². The number of aliphatic imine (C=N–C) groups is 1. The molecule has 1 heterocycles. The van der Waals surface area contributed by atoms with Crippen LogP contribution in [0, 0.1) is 0 Å². The van der Waals surface area contributed by atoms with Gasteiger partial charge in [0.1, 0.15) is 0 Å². The maximum Gasteiger partial charge on any atom is 0.193 e. The molecule has 0 amide bonds. The molecule has 1 atom stereocenters. The zero-order chi connectivity index (χ0) is 15.8. The van der Waals surface area contributed by atoms with Crippen molar-refractivity contribution in [1.82, 2.24) is 0 Å². The van der Waals surface area contributed by atoms with E-state index in [0.717, 1.165) is 44.5 Å². The van der Waals surface area contributed by atoms with Crippen LogP contribution >= 0.6 is 24.0 Å². The second kappa shape index (κ2) is 10.9. The molecule has 1 aromatic rings. The van der Waals surface area contributed by atoms with E-state index >= 15 is 0 Å². The first kappa shape index (κ1) is 20.2. The van der Waals surface area contributed by atoms with Gasteiger partial charge in [0.15, 0.2) is 5.96 Å². The highest BCUT2D eigenvalue weighted by Crippen LogP contribution is 2.22. The van der Waals surface area contributed by atoms with Crippen molar-refractivity contribution in [3.63, 3.8) is 0 Å². The van der Waals surface area contributed by atoms with E-state index in [9.17, 15) is 0 Å². The summed E-state index contributed by atoms with van der Waals surface area (Å²) in [6.07, 6.45) is 6.90. The lowest BCUT2D eigenvalue weighted by Gasteiger charge is -2.21. The fraction of sp³-hybridized carbons (Fsp3) is 0.611. The highest BCUT2D eigenvalue weighted by atomic mass is 127. The van der Waals surface area contributed by atoms with Gasteiger partial charge < -0.3 is 15.8 Å². The van der Waals surface area contributed by atoms with Crippen molar-refractivity contribution in [1.29, 1.82) is 0 Å². The zero-order valence-corrected chi connectivity index (χ0v) is 16.6. The third-order valence-electron chi connectivity index (χ3n) is 4.26. The Labute approximate surface area is 157 Å². The van der Waals surface area contributed by atoms with E-state index in [1.165, 1.54) is 24.0 Å². The number of benzene rings is 1. The van der Waals surface area contributed by atoms with E-state index in [-0.39, 0.29) is 24.0 Å². The van der Waals surface area contributed by atoms with Crippen LogP contribution in [0.1, 0.15) is 50.7 Å². The largest absolute Gasteiger partial charge is 0.378 e. The van der Waals surface area contributed by atoms with Crippen LogP contribution < -0.4 is 11.1 Å². The lowest BCUT2D eigenvalue weighted by molar-refractivity contribution is 0.0129. The Bertz CT molecular complexity index is 477. The van der Waals surface area contributed by atoms with Gasteiger partial charge in [0.25, 0.3) is 0 Å². The van der Waals surface area contributed by atoms with E-state index in [2.05, 4.69) is 42.4 Å². The van der Waals surface area contributed by atoms with Crippen LogP contribution in [0.15, 0.2) is 23.2 Å². The van der Waals surface area contributed by atoms with Crippen molar-refractivity contribution in [3.05, 3.63) is 29.3 Å². The number of para-hydroxylation sites is 1. The summed E-state index contributed by atoms with van der Waals surface area (Å²) >= 11 is 0. The predicted octanol–water partition coefficient (Wildman–Crippen LogP) is 4.12. The molecule has 2 rings (SSSR count). The quantitative estimate of drug-likeness (QED) is 0.405.